The van der Waals surface area contributed by atoms with Gasteiger partial charge in [0.2, 0.25) is 0 Å². The largest absolute Gasteiger partial charge is 0.464 e. The number of sulfone groups is 1. The Morgan fingerprint density at radius 1 is 1.06 bits per heavy atom. The summed E-state index contributed by atoms with van der Waals surface area (Å²) in [5, 5.41) is 3.16. The lowest BCUT2D eigenvalue weighted by atomic mass is 10.1. The number of carbonyl (C=O) groups excluding carboxylic acids is 2. The van der Waals surface area contributed by atoms with E-state index in [-0.39, 0.29) is 11.5 Å². The summed E-state index contributed by atoms with van der Waals surface area (Å²) in [6.07, 6.45) is 0. The van der Waals surface area contributed by atoms with E-state index in [9.17, 15) is 18.0 Å². The predicted octanol–water partition coefficient (Wildman–Crippen LogP) is 4.36. The number of rotatable bonds is 10. The number of carbonyl (C=O) groups is 2. The number of anilines is 2. The second-order valence-corrected chi connectivity index (χ2v) is 10.2. The average molecular weight is 510 g/mol. The quantitative estimate of drug-likeness (QED) is 0.478. The molecule has 0 aromatic heterocycles. The van der Waals surface area contributed by atoms with E-state index in [1.165, 1.54) is 31.3 Å². The third-order valence-electron chi connectivity index (χ3n) is 5.48. The van der Waals surface area contributed by atoms with Gasteiger partial charge in [0.05, 0.1) is 17.3 Å². The second-order valence-electron chi connectivity index (χ2n) is 7.72. The second kappa shape index (κ2) is 12.1. The van der Waals surface area contributed by atoms with Crippen LogP contribution in [0.2, 0.25) is 5.02 Å². The Hall–Kier alpha value is -2.78. The van der Waals surface area contributed by atoms with Gasteiger partial charge in [0, 0.05) is 36.5 Å². The Labute approximate surface area is 206 Å². The molecule has 0 saturated carbocycles. The fraction of sp³-hybridized carbons (Fsp3) is 0.417. The number of urea groups is 1. The van der Waals surface area contributed by atoms with Crippen LogP contribution in [0.3, 0.4) is 0 Å². The van der Waals surface area contributed by atoms with E-state index in [1.54, 1.807) is 13.0 Å². The van der Waals surface area contributed by atoms with Crippen LogP contribution >= 0.6 is 11.6 Å². The lowest BCUT2D eigenvalue weighted by molar-refractivity contribution is -0.147. The van der Waals surface area contributed by atoms with Crippen LogP contribution in [0.5, 0.6) is 0 Å². The highest BCUT2D eigenvalue weighted by molar-refractivity contribution is 7.91. The SMILES string of the molecule is CCOC(=O)C(CS(=O)(=O)c1ccc(Cl)cc1)N(C)C(=O)Nc1ccc(N(CC)CC)cc1C. The first-order valence-corrected chi connectivity index (χ1v) is 13.1. The van der Waals surface area contributed by atoms with Gasteiger partial charge in [0.25, 0.3) is 0 Å². The van der Waals surface area contributed by atoms with Crippen LogP contribution < -0.4 is 10.2 Å². The maximum absolute atomic E-state index is 13.0. The van der Waals surface area contributed by atoms with Gasteiger partial charge >= 0.3 is 12.0 Å². The van der Waals surface area contributed by atoms with Crippen LogP contribution in [0.15, 0.2) is 47.4 Å². The first kappa shape index (κ1) is 27.5. The van der Waals surface area contributed by atoms with Crippen molar-refractivity contribution in [2.24, 2.45) is 0 Å². The van der Waals surface area contributed by atoms with Crippen molar-refractivity contribution >= 4 is 44.8 Å². The third kappa shape index (κ3) is 6.87. The lowest BCUT2D eigenvalue weighted by Crippen LogP contribution is -2.49. The van der Waals surface area contributed by atoms with Gasteiger partial charge in [-0.1, -0.05) is 11.6 Å². The van der Waals surface area contributed by atoms with Gasteiger partial charge in [-0.25, -0.2) is 18.0 Å². The van der Waals surface area contributed by atoms with Crippen LogP contribution in [-0.4, -0.2) is 63.9 Å². The number of aryl methyl sites for hydroxylation is 1. The molecule has 1 unspecified atom stereocenters. The van der Waals surface area contributed by atoms with E-state index >= 15 is 0 Å². The van der Waals surface area contributed by atoms with Crippen molar-refractivity contribution in [2.45, 2.75) is 38.6 Å². The number of benzene rings is 2. The number of halogens is 1. The van der Waals surface area contributed by atoms with Crippen LogP contribution in [-0.2, 0) is 19.4 Å². The Morgan fingerprint density at radius 2 is 1.68 bits per heavy atom. The van der Waals surface area contributed by atoms with E-state index in [0.29, 0.717) is 10.7 Å². The van der Waals surface area contributed by atoms with Gasteiger partial charge in [0.15, 0.2) is 9.84 Å². The molecule has 186 valence electrons. The first-order valence-electron chi connectivity index (χ1n) is 11.1. The molecular weight excluding hydrogens is 478 g/mol. The Bertz CT molecular complexity index is 1100. The summed E-state index contributed by atoms with van der Waals surface area (Å²) in [6.45, 7) is 9.38. The van der Waals surface area contributed by atoms with E-state index in [4.69, 9.17) is 16.3 Å². The molecule has 2 rings (SSSR count). The van der Waals surface area contributed by atoms with E-state index in [0.717, 1.165) is 29.2 Å². The highest BCUT2D eigenvalue weighted by Crippen LogP contribution is 2.24. The zero-order valence-corrected chi connectivity index (χ0v) is 21.7. The van der Waals surface area contributed by atoms with Gasteiger partial charge < -0.3 is 19.9 Å². The first-order chi connectivity index (χ1) is 16.0. The van der Waals surface area contributed by atoms with Crippen molar-refractivity contribution in [2.75, 3.05) is 42.7 Å². The maximum atomic E-state index is 13.0. The molecular formula is C24H32ClN3O5S. The number of esters is 1. The molecule has 8 nitrogen and oxygen atoms in total. The molecule has 0 aliphatic heterocycles. The molecule has 1 N–H and O–H groups in total. The monoisotopic (exact) mass is 509 g/mol. The minimum atomic E-state index is -3.91. The highest BCUT2D eigenvalue weighted by Gasteiger charge is 2.34. The zero-order valence-electron chi connectivity index (χ0n) is 20.2. The minimum absolute atomic E-state index is 0.00263. The minimum Gasteiger partial charge on any atom is -0.464 e. The van der Waals surface area contributed by atoms with Crippen LogP contribution in [0.1, 0.15) is 26.3 Å². The number of amides is 2. The number of hydrogen-bond acceptors (Lipinski definition) is 6. The smallest absolute Gasteiger partial charge is 0.329 e. The normalized spacial score (nSPS) is 12.1. The molecule has 1 atom stereocenters. The van der Waals surface area contributed by atoms with Crippen molar-refractivity contribution in [3.05, 3.63) is 53.1 Å². The molecule has 0 fully saturated rings. The van der Waals surface area contributed by atoms with Gasteiger partial charge in [-0.05, 0) is 75.7 Å². The van der Waals surface area contributed by atoms with Gasteiger partial charge in [0.1, 0.15) is 6.04 Å². The summed E-state index contributed by atoms with van der Waals surface area (Å²) >= 11 is 5.85. The van der Waals surface area contributed by atoms with Crippen LogP contribution in [0.25, 0.3) is 0 Å². The summed E-state index contributed by atoms with van der Waals surface area (Å²) in [7, 11) is -2.54. The summed E-state index contributed by atoms with van der Waals surface area (Å²) in [6, 6.07) is 9.34. The number of ether oxygens (including phenoxy) is 1. The maximum Gasteiger partial charge on any atom is 0.329 e. The lowest BCUT2D eigenvalue weighted by Gasteiger charge is -2.27. The van der Waals surface area contributed by atoms with Gasteiger partial charge in [-0.3, -0.25) is 0 Å². The third-order valence-corrected chi connectivity index (χ3v) is 7.47. The summed E-state index contributed by atoms with van der Waals surface area (Å²) in [5.74, 6) is -1.43. The molecule has 34 heavy (non-hydrogen) atoms. The average Bonchev–Trinajstić information content (AvgIpc) is 2.80. The molecule has 0 aliphatic rings. The summed E-state index contributed by atoms with van der Waals surface area (Å²) in [4.78, 5) is 28.9. The topological polar surface area (TPSA) is 96.0 Å². The van der Waals surface area contributed by atoms with Gasteiger partial charge in [-0.2, -0.15) is 0 Å². The van der Waals surface area contributed by atoms with E-state index in [2.05, 4.69) is 24.1 Å². The fourth-order valence-corrected chi connectivity index (χ4v) is 5.09. The number of nitrogens with zero attached hydrogens (tertiary/aromatic N) is 2. The predicted molar refractivity (Wildman–Crippen MR) is 135 cm³/mol. The molecule has 0 heterocycles. The van der Waals surface area contributed by atoms with Gasteiger partial charge in [-0.15, -0.1) is 0 Å². The molecule has 10 heteroatoms. The Kier molecular flexibility index (Phi) is 9.76. The van der Waals surface area contributed by atoms with Crippen molar-refractivity contribution in [3.63, 3.8) is 0 Å². The molecule has 2 amide bonds. The van der Waals surface area contributed by atoms with Crippen molar-refractivity contribution in [3.8, 4) is 0 Å². The molecule has 0 spiro atoms. The van der Waals surface area contributed by atoms with Crippen molar-refractivity contribution < 1.29 is 22.7 Å². The summed E-state index contributed by atoms with van der Waals surface area (Å²) < 4.78 is 31.0. The summed E-state index contributed by atoms with van der Waals surface area (Å²) in [5.41, 5.74) is 2.44. The molecule has 0 bridgehead atoms. The molecule has 0 radical (unpaired) electrons. The van der Waals surface area contributed by atoms with E-state index < -0.39 is 33.6 Å². The fourth-order valence-electron chi connectivity index (χ4n) is 3.44. The highest BCUT2D eigenvalue weighted by atomic mass is 35.5. The van der Waals surface area contributed by atoms with Crippen molar-refractivity contribution in [1.82, 2.24) is 4.90 Å². The molecule has 2 aromatic carbocycles. The van der Waals surface area contributed by atoms with Crippen LogP contribution in [0.4, 0.5) is 16.2 Å². The van der Waals surface area contributed by atoms with E-state index in [1.807, 2.05) is 19.1 Å². The Balaban J connectivity index is 2.26. The van der Waals surface area contributed by atoms with Crippen LogP contribution in [0, 0.1) is 6.92 Å². The Morgan fingerprint density at radius 3 is 2.21 bits per heavy atom. The molecule has 0 saturated heterocycles. The zero-order chi connectivity index (χ0) is 25.5. The number of nitrogens with one attached hydrogen (secondary N) is 1. The molecule has 2 aromatic rings. The number of likely N-dealkylation sites (N-methyl/N-ethyl adjacent to an activating group) is 1. The van der Waals surface area contributed by atoms with Crippen molar-refractivity contribution in [1.29, 1.82) is 0 Å². The number of hydrogen-bond donors (Lipinski definition) is 1. The molecule has 0 aliphatic carbocycles. The standard InChI is InChI=1S/C24H32ClN3O5S/c1-6-28(7-2)19-11-14-21(17(4)15-19)26-24(30)27(5)22(23(29)33-8-3)16-34(31,32)20-12-9-18(25)10-13-20/h9-15,22H,6-8,16H2,1-5H3,(H,26,30).